The first-order valence-corrected chi connectivity index (χ1v) is 8.29. The highest BCUT2D eigenvalue weighted by atomic mass is 16.5. The molecule has 1 aromatic rings. The van der Waals surface area contributed by atoms with E-state index in [0.717, 1.165) is 0 Å². The number of amides is 1. The average molecular weight is 337 g/mol. The van der Waals surface area contributed by atoms with Crippen molar-refractivity contribution in [2.24, 2.45) is 5.92 Å². The summed E-state index contributed by atoms with van der Waals surface area (Å²) in [5, 5.41) is 10.7. The summed E-state index contributed by atoms with van der Waals surface area (Å²) >= 11 is 0. The maximum atomic E-state index is 12.7. The first-order valence-electron chi connectivity index (χ1n) is 8.29. The predicted molar refractivity (Wildman–Crippen MR) is 85.7 cm³/mol. The van der Waals surface area contributed by atoms with E-state index < -0.39 is 22.9 Å². The molecule has 0 aliphatic carbocycles. The van der Waals surface area contributed by atoms with Gasteiger partial charge in [-0.2, -0.15) is 0 Å². The van der Waals surface area contributed by atoms with E-state index in [1.165, 1.54) is 16.8 Å². The summed E-state index contributed by atoms with van der Waals surface area (Å²) in [4.78, 5) is 40.0. The number of nitrogens with one attached hydrogen (secondary N) is 1. The van der Waals surface area contributed by atoms with Crippen molar-refractivity contribution in [2.75, 3.05) is 26.3 Å². The fourth-order valence-electron chi connectivity index (χ4n) is 3.49. The number of piperidine rings is 1. The maximum absolute atomic E-state index is 12.7. The number of likely N-dealkylation sites (tertiary alicyclic amines) is 1. The Bertz CT molecular complexity index is 717. The monoisotopic (exact) mass is 337 g/mol. The molecule has 1 aromatic heterocycles. The van der Waals surface area contributed by atoms with Gasteiger partial charge in [0.05, 0.1) is 11.6 Å². The van der Waals surface area contributed by atoms with Gasteiger partial charge in [-0.25, -0.2) is 4.79 Å². The van der Waals surface area contributed by atoms with Crippen molar-refractivity contribution in [3.05, 3.63) is 33.1 Å². The van der Waals surface area contributed by atoms with Crippen LogP contribution < -0.4 is 11.2 Å². The Labute approximate surface area is 139 Å². The molecule has 8 nitrogen and oxygen atoms in total. The van der Waals surface area contributed by atoms with Gasteiger partial charge in [0, 0.05) is 44.5 Å². The lowest BCUT2D eigenvalue weighted by molar-refractivity contribution is -0.145. The molecule has 3 heterocycles. The number of aliphatic hydroxyl groups is 1. The van der Waals surface area contributed by atoms with Crippen LogP contribution in [-0.4, -0.2) is 57.4 Å². The number of H-pyrrole nitrogens is 1. The molecule has 2 saturated heterocycles. The van der Waals surface area contributed by atoms with Gasteiger partial charge >= 0.3 is 5.69 Å². The van der Waals surface area contributed by atoms with E-state index in [2.05, 4.69) is 4.98 Å². The van der Waals surface area contributed by atoms with Gasteiger partial charge in [0.1, 0.15) is 0 Å². The number of hydrogen-bond acceptors (Lipinski definition) is 5. The van der Waals surface area contributed by atoms with Gasteiger partial charge in [-0.05, 0) is 26.2 Å². The SMILES string of the molecule is C[C@@]1(O)CCN(C(=O)C2CCOCC2)C[C@H]1n1ccc(=O)[nH]c1=O. The molecule has 1 amide bonds. The van der Waals surface area contributed by atoms with Crippen LogP contribution in [0.3, 0.4) is 0 Å². The van der Waals surface area contributed by atoms with Crippen LogP contribution >= 0.6 is 0 Å². The number of nitrogens with zero attached hydrogens (tertiary/aromatic N) is 2. The van der Waals surface area contributed by atoms with E-state index in [9.17, 15) is 19.5 Å². The van der Waals surface area contributed by atoms with Crippen LogP contribution in [0.4, 0.5) is 0 Å². The second-order valence-corrected chi connectivity index (χ2v) is 6.81. The highest BCUT2D eigenvalue weighted by Crippen LogP contribution is 2.32. The standard InChI is InChI=1S/C16H23N3O5/c1-16(23)5-7-18(14(21)11-3-8-24-9-4-11)10-12(16)19-6-2-13(20)17-15(19)22/h2,6,11-12,23H,3-5,7-10H2,1H3,(H,17,20,22)/t12-,16-/m1/s1. The van der Waals surface area contributed by atoms with Crippen LogP contribution in [0.1, 0.15) is 32.2 Å². The second kappa shape index (κ2) is 6.52. The van der Waals surface area contributed by atoms with Crippen LogP contribution in [0.2, 0.25) is 0 Å². The Morgan fingerprint density at radius 1 is 1.38 bits per heavy atom. The molecule has 24 heavy (non-hydrogen) atoms. The van der Waals surface area contributed by atoms with Gasteiger partial charge in [-0.1, -0.05) is 0 Å². The molecule has 2 fully saturated rings. The lowest BCUT2D eigenvalue weighted by atomic mass is 9.87. The zero-order chi connectivity index (χ0) is 17.3. The molecule has 8 heteroatoms. The summed E-state index contributed by atoms with van der Waals surface area (Å²) in [7, 11) is 0. The Balaban J connectivity index is 1.83. The number of rotatable bonds is 2. The third-order valence-corrected chi connectivity index (χ3v) is 5.07. The summed E-state index contributed by atoms with van der Waals surface area (Å²) < 4.78 is 6.61. The van der Waals surface area contributed by atoms with Crippen molar-refractivity contribution in [1.82, 2.24) is 14.5 Å². The normalized spacial score (nSPS) is 28.8. The van der Waals surface area contributed by atoms with Crippen LogP contribution in [-0.2, 0) is 9.53 Å². The van der Waals surface area contributed by atoms with E-state index in [1.54, 1.807) is 11.8 Å². The molecular formula is C16H23N3O5. The molecule has 3 rings (SSSR count). The molecule has 2 aliphatic rings. The second-order valence-electron chi connectivity index (χ2n) is 6.81. The number of aromatic amines is 1. The van der Waals surface area contributed by atoms with Crippen molar-refractivity contribution < 1.29 is 14.6 Å². The Morgan fingerprint density at radius 3 is 2.75 bits per heavy atom. The number of carbonyl (C=O) groups excluding carboxylic acids is 1. The minimum atomic E-state index is -1.13. The van der Waals surface area contributed by atoms with Crippen LogP contribution in [0.25, 0.3) is 0 Å². The number of ether oxygens (including phenoxy) is 1. The molecule has 0 unspecified atom stereocenters. The van der Waals surface area contributed by atoms with Crippen LogP contribution in [0.15, 0.2) is 21.9 Å². The Kier molecular flexibility index (Phi) is 4.60. The van der Waals surface area contributed by atoms with E-state index in [1.807, 2.05) is 0 Å². The summed E-state index contributed by atoms with van der Waals surface area (Å²) in [6.45, 7) is 3.54. The minimum absolute atomic E-state index is 0.0521. The smallest absolute Gasteiger partial charge is 0.328 e. The predicted octanol–water partition coefficient (Wildman–Crippen LogP) is -0.512. The van der Waals surface area contributed by atoms with E-state index in [-0.39, 0.29) is 18.4 Å². The molecule has 2 atom stereocenters. The van der Waals surface area contributed by atoms with Crippen molar-refractivity contribution in [3.8, 4) is 0 Å². The molecular weight excluding hydrogens is 314 g/mol. The van der Waals surface area contributed by atoms with E-state index in [0.29, 0.717) is 39.0 Å². The number of carbonyl (C=O) groups is 1. The van der Waals surface area contributed by atoms with E-state index >= 15 is 0 Å². The average Bonchev–Trinajstić information content (AvgIpc) is 2.56. The highest BCUT2D eigenvalue weighted by Gasteiger charge is 2.42. The fourth-order valence-corrected chi connectivity index (χ4v) is 3.49. The topological polar surface area (TPSA) is 105 Å². The van der Waals surface area contributed by atoms with Crippen molar-refractivity contribution in [3.63, 3.8) is 0 Å². The molecule has 2 aliphatic heterocycles. The van der Waals surface area contributed by atoms with E-state index in [4.69, 9.17) is 4.74 Å². The van der Waals surface area contributed by atoms with Gasteiger partial charge in [0.15, 0.2) is 0 Å². The largest absolute Gasteiger partial charge is 0.388 e. The Hall–Kier alpha value is -1.93. The molecule has 2 N–H and O–H groups in total. The summed E-state index contributed by atoms with van der Waals surface area (Å²) in [6, 6.07) is 0.649. The van der Waals surface area contributed by atoms with Crippen LogP contribution in [0, 0.1) is 5.92 Å². The fraction of sp³-hybridized carbons (Fsp3) is 0.688. The molecule has 0 radical (unpaired) electrons. The summed E-state index contributed by atoms with van der Waals surface area (Å²) in [5.74, 6) is -0.00831. The number of hydrogen-bond donors (Lipinski definition) is 2. The molecule has 132 valence electrons. The zero-order valence-electron chi connectivity index (χ0n) is 13.7. The first-order chi connectivity index (χ1) is 11.4. The molecule has 0 aromatic carbocycles. The molecule has 0 bridgehead atoms. The summed E-state index contributed by atoms with van der Waals surface area (Å²) in [5.41, 5.74) is -2.19. The van der Waals surface area contributed by atoms with Crippen LogP contribution in [0.5, 0.6) is 0 Å². The lowest BCUT2D eigenvalue weighted by Gasteiger charge is -2.44. The Morgan fingerprint density at radius 2 is 2.08 bits per heavy atom. The third-order valence-electron chi connectivity index (χ3n) is 5.07. The van der Waals surface area contributed by atoms with Crippen molar-refractivity contribution in [2.45, 2.75) is 37.8 Å². The zero-order valence-corrected chi connectivity index (χ0v) is 13.7. The van der Waals surface area contributed by atoms with Crippen molar-refractivity contribution >= 4 is 5.91 Å². The highest BCUT2D eigenvalue weighted by molar-refractivity contribution is 5.79. The van der Waals surface area contributed by atoms with Gasteiger partial charge in [0.25, 0.3) is 5.56 Å². The molecule has 0 spiro atoms. The van der Waals surface area contributed by atoms with Crippen molar-refractivity contribution in [1.29, 1.82) is 0 Å². The maximum Gasteiger partial charge on any atom is 0.328 e. The minimum Gasteiger partial charge on any atom is -0.388 e. The van der Waals surface area contributed by atoms with Gasteiger partial charge in [-0.3, -0.25) is 19.1 Å². The summed E-state index contributed by atoms with van der Waals surface area (Å²) in [6.07, 6.45) is 3.16. The van der Waals surface area contributed by atoms with Gasteiger partial charge < -0.3 is 14.7 Å². The number of aromatic nitrogens is 2. The van der Waals surface area contributed by atoms with Gasteiger partial charge in [-0.15, -0.1) is 0 Å². The molecule has 0 saturated carbocycles. The first kappa shape index (κ1) is 16.9. The lowest BCUT2D eigenvalue weighted by Crippen LogP contribution is -2.56. The third kappa shape index (κ3) is 3.29. The quantitative estimate of drug-likeness (QED) is 0.756. The van der Waals surface area contributed by atoms with Gasteiger partial charge in [0.2, 0.25) is 5.91 Å².